The zero-order chi connectivity index (χ0) is 15.1. The first-order valence-electron chi connectivity index (χ1n) is 7.54. The SMILES string of the molecule is CCCCC(O)(CCc1ccc(Cl)cc1)Cn1ccnc1. The molecule has 0 bridgehead atoms. The van der Waals surface area contributed by atoms with Crippen LogP contribution < -0.4 is 0 Å². The van der Waals surface area contributed by atoms with Gasteiger partial charge >= 0.3 is 0 Å². The first-order chi connectivity index (χ1) is 10.1. The predicted octanol–water partition coefficient (Wildman–Crippen LogP) is 4.09. The van der Waals surface area contributed by atoms with Gasteiger partial charge in [-0.1, -0.05) is 43.5 Å². The Morgan fingerprint density at radius 3 is 2.62 bits per heavy atom. The fourth-order valence-electron chi connectivity index (χ4n) is 2.54. The monoisotopic (exact) mass is 306 g/mol. The Bertz CT molecular complexity index is 524. The van der Waals surface area contributed by atoms with Crippen LogP contribution in [-0.4, -0.2) is 20.3 Å². The van der Waals surface area contributed by atoms with Gasteiger partial charge in [0.05, 0.1) is 18.5 Å². The van der Waals surface area contributed by atoms with Crippen molar-refractivity contribution in [2.75, 3.05) is 0 Å². The topological polar surface area (TPSA) is 38.0 Å². The molecule has 21 heavy (non-hydrogen) atoms. The van der Waals surface area contributed by atoms with Crippen molar-refractivity contribution in [3.8, 4) is 0 Å². The Hall–Kier alpha value is -1.32. The van der Waals surface area contributed by atoms with Crippen LogP contribution in [0.5, 0.6) is 0 Å². The van der Waals surface area contributed by atoms with Crippen LogP contribution in [0.15, 0.2) is 43.0 Å². The fourth-order valence-corrected chi connectivity index (χ4v) is 2.66. The molecule has 0 saturated heterocycles. The van der Waals surface area contributed by atoms with Crippen molar-refractivity contribution in [2.45, 2.75) is 51.2 Å². The fraction of sp³-hybridized carbons (Fsp3) is 0.471. The predicted molar refractivity (Wildman–Crippen MR) is 86.5 cm³/mol. The normalized spacial score (nSPS) is 14.0. The lowest BCUT2D eigenvalue weighted by atomic mass is 9.89. The molecule has 1 aromatic heterocycles. The number of rotatable bonds is 8. The first-order valence-corrected chi connectivity index (χ1v) is 7.92. The number of imidazole rings is 1. The molecule has 0 aliphatic carbocycles. The number of benzene rings is 1. The van der Waals surface area contributed by atoms with Crippen molar-refractivity contribution in [3.05, 3.63) is 53.6 Å². The van der Waals surface area contributed by atoms with Crippen molar-refractivity contribution >= 4 is 11.6 Å². The van der Waals surface area contributed by atoms with Gasteiger partial charge in [0, 0.05) is 17.4 Å². The molecule has 114 valence electrons. The van der Waals surface area contributed by atoms with E-state index in [0.29, 0.717) is 6.54 Å². The van der Waals surface area contributed by atoms with Gasteiger partial charge in [-0.25, -0.2) is 4.98 Å². The molecule has 1 heterocycles. The van der Waals surface area contributed by atoms with E-state index >= 15 is 0 Å². The Balaban J connectivity index is 1.99. The van der Waals surface area contributed by atoms with Crippen LogP contribution in [0.2, 0.25) is 5.02 Å². The third-order valence-electron chi connectivity index (χ3n) is 3.82. The van der Waals surface area contributed by atoms with Crippen LogP contribution in [-0.2, 0) is 13.0 Å². The van der Waals surface area contributed by atoms with Gasteiger partial charge in [-0.2, -0.15) is 0 Å². The number of halogens is 1. The maximum Gasteiger partial charge on any atom is 0.0946 e. The molecular weight excluding hydrogens is 284 g/mol. The van der Waals surface area contributed by atoms with E-state index in [2.05, 4.69) is 11.9 Å². The summed E-state index contributed by atoms with van der Waals surface area (Å²) < 4.78 is 1.96. The molecule has 1 atom stereocenters. The van der Waals surface area contributed by atoms with E-state index in [1.807, 2.05) is 35.0 Å². The van der Waals surface area contributed by atoms with Gasteiger partial charge in [0.25, 0.3) is 0 Å². The number of hydrogen-bond acceptors (Lipinski definition) is 2. The maximum atomic E-state index is 11.0. The highest BCUT2D eigenvalue weighted by Gasteiger charge is 2.26. The molecule has 0 spiro atoms. The van der Waals surface area contributed by atoms with Gasteiger partial charge < -0.3 is 9.67 Å². The summed E-state index contributed by atoms with van der Waals surface area (Å²) in [5.74, 6) is 0. The molecule has 1 N–H and O–H groups in total. The highest BCUT2D eigenvalue weighted by Crippen LogP contribution is 2.24. The summed E-state index contributed by atoms with van der Waals surface area (Å²) >= 11 is 5.91. The van der Waals surface area contributed by atoms with Crippen molar-refractivity contribution in [1.29, 1.82) is 0 Å². The van der Waals surface area contributed by atoms with E-state index < -0.39 is 5.60 Å². The van der Waals surface area contributed by atoms with Gasteiger partial charge in [-0.3, -0.25) is 0 Å². The summed E-state index contributed by atoms with van der Waals surface area (Å²) in [6.45, 7) is 2.75. The van der Waals surface area contributed by atoms with E-state index in [4.69, 9.17) is 11.6 Å². The second-order valence-corrected chi connectivity index (χ2v) is 6.13. The second-order valence-electron chi connectivity index (χ2n) is 5.69. The Morgan fingerprint density at radius 1 is 1.24 bits per heavy atom. The smallest absolute Gasteiger partial charge is 0.0946 e. The average molecular weight is 307 g/mol. The number of hydrogen-bond donors (Lipinski definition) is 1. The van der Waals surface area contributed by atoms with E-state index in [-0.39, 0.29) is 0 Å². The van der Waals surface area contributed by atoms with Crippen molar-refractivity contribution < 1.29 is 5.11 Å². The molecule has 0 fully saturated rings. The number of aryl methyl sites for hydroxylation is 1. The summed E-state index contributed by atoms with van der Waals surface area (Å²) in [6.07, 6.45) is 9.95. The van der Waals surface area contributed by atoms with Gasteiger partial charge in [-0.05, 0) is 37.0 Å². The number of nitrogens with zero attached hydrogens (tertiary/aromatic N) is 2. The van der Waals surface area contributed by atoms with E-state index in [1.165, 1.54) is 5.56 Å². The molecule has 0 saturated carbocycles. The van der Waals surface area contributed by atoms with Gasteiger partial charge in [0.1, 0.15) is 0 Å². The summed E-state index contributed by atoms with van der Waals surface area (Å²) in [5.41, 5.74) is 0.524. The van der Waals surface area contributed by atoms with Crippen molar-refractivity contribution in [3.63, 3.8) is 0 Å². The Morgan fingerprint density at radius 2 is 2.00 bits per heavy atom. The highest BCUT2D eigenvalue weighted by atomic mass is 35.5. The minimum atomic E-state index is -0.684. The minimum absolute atomic E-state index is 0.598. The zero-order valence-corrected chi connectivity index (χ0v) is 13.3. The average Bonchev–Trinajstić information content (AvgIpc) is 2.97. The molecule has 3 nitrogen and oxygen atoms in total. The molecule has 0 aliphatic heterocycles. The molecule has 1 unspecified atom stereocenters. The molecule has 2 aromatic rings. The minimum Gasteiger partial charge on any atom is -0.388 e. The van der Waals surface area contributed by atoms with Crippen molar-refractivity contribution in [1.82, 2.24) is 9.55 Å². The largest absolute Gasteiger partial charge is 0.388 e. The van der Waals surface area contributed by atoms with Crippen LogP contribution in [0.1, 0.15) is 38.2 Å². The maximum absolute atomic E-state index is 11.0. The summed E-state index contributed by atoms with van der Waals surface area (Å²) in [4.78, 5) is 4.05. The zero-order valence-electron chi connectivity index (χ0n) is 12.5. The van der Waals surface area contributed by atoms with Crippen LogP contribution in [0.25, 0.3) is 0 Å². The van der Waals surface area contributed by atoms with Crippen molar-refractivity contribution in [2.24, 2.45) is 0 Å². The number of aromatic nitrogens is 2. The molecular formula is C17H23ClN2O. The van der Waals surface area contributed by atoms with Crippen LogP contribution in [0.4, 0.5) is 0 Å². The van der Waals surface area contributed by atoms with Gasteiger partial charge in [-0.15, -0.1) is 0 Å². The second kappa shape index (κ2) is 7.62. The lowest BCUT2D eigenvalue weighted by Gasteiger charge is -2.28. The summed E-state index contributed by atoms with van der Waals surface area (Å²) in [7, 11) is 0. The summed E-state index contributed by atoms with van der Waals surface area (Å²) in [6, 6.07) is 7.86. The highest BCUT2D eigenvalue weighted by molar-refractivity contribution is 6.30. The van der Waals surface area contributed by atoms with Crippen LogP contribution >= 0.6 is 11.6 Å². The molecule has 2 rings (SSSR count). The molecule has 0 aliphatic rings. The van der Waals surface area contributed by atoms with E-state index in [0.717, 1.165) is 37.1 Å². The van der Waals surface area contributed by atoms with Gasteiger partial charge in [0.2, 0.25) is 0 Å². The van der Waals surface area contributed by atoms with Crippen LogP contribution in [0, 0.1) is 0 Å². The quantitative estimate of drug-likeness (QED) is 0.797. The van der Waals surface area contributed by atoms with Gasteiger partial charge in [0.15, 0.2) is 0 Å². The molecule has 4 heteroatoms. The lowest BCUT2D eigenvalue weighted by Crippen LogP contribution is -2.34. The molecule has 1 aromatic carbocycles. The Kier molecular flexibility index (Phi) is 5.83. The lowest BCUT2D eigenvalue weighted by molar-refractivity contribution is 0.00423. The first kappa shape index (κ1) is 16.1. The number of aliphatic hydroxyl groups is 1. The van der Waals surface area contributed by atoms with E-state index in [9.17, 15) is 5.11 Å². The molecule has 0 radical (unpaired) electrons. The summed E-state index contributed by atoms with van der Waals surface area (Å²) in [5, 5.41) is 11.7. The van der Waals surface area contributed by atoms with Crippen LogP contribution in [0.3, 0.4) is 0 Å². The molecule has 0 amide bonds. The third-order valence-corrected chi connectivity index (χ3v) is 4.08. The standard InChI is InChI=1S/C17H23ClN2O/c1-2-3-9-17(21,13-20-12-11-19-14-20)10-8-15-4-6-16(18)7-5-15/h4-7,11-12,14,21H,2-3,8-10,13H2,1H3. The Labute approximate surface area is 131 Å². The van der Waals surface area contributed by atoms with E-state index in [1.54, 1.807) is 12.5 Å². The third kappa shape index (κ3) is 5.18. The number of unbranched alkanes of at least 4 members (excludes halogenated alkanes) is 1.